The van der Waals surface area contributed by atoms with Gasteiger partial charge in [0.2, 0.25) is 0 Å². The summed E-state index contributed by atoms with van der Waals surface area (Å²) in [6, 6.07) is 0. The van der Waals surface area contributed by atoms with Crippen LogP contribution in [0, 0.1) is 0 Å². The third-order valence-corrected chi connectivity index (χ3v) is 2.82. The molecule has 0 unspecified atom stereocenters. The van der Waals surface area contributed by atoms with Gasteiger partial charge < -0.3 is 19.9 Å². The van der Waals surface area contributed by atoms with E-state index < -0.39 is 11.8 Å². The summed E-state index contributed by atoms with van der Waals surface area (Å²) in [4.78, 5) is 27.0. The van der Waals surface area contributed by atoms with Crippen LogP contribution in [0.25, 0.3) is 0 Å². The SMILES string of the molecule is CCN(CCOC)C(=O)C(=O)N1CCNCC1. The molecule has 1 aliphatic heterocycles. The molecule has 0 aromatic heterocycles. The van der Waals surface area contributed by atoms with E-state index in [2.05, 4.69) is 5.32 Å². The van der Waals surface area contributed by atoms with Gasteiger partial charge in [-0.1, -0.05) is 0 Å². The zero-order chi connectivity index (χ0) is 12.7. The fraction of sp³-hybridized carbons (Fsp3) is 0.818. The van der Waals surface area contributed by atoms with Gasteiger partial charge in [-0.15, -0.1) is 0 Å². The van der Waals surface area contributed by atoms with Crippen LogP contribution in [0.2, 0.25) is 0 Å². The summed E-state index contributed by atoms with van der Waals surface area (Å²) in [6.07, 6.45) is 0. The molecule has 0 bridgehead atoms. The first-order valence-corrected chi connectivity index (χ1v) is 5.98. The van der Waals surface area contributed by atoms with E-state index in [1.54, 1.807) is 12.0 Å². The number of carbonyl (C=O) groups excluding carboxylic acids is 2. The van der Waals surface area contributed by atoms with Crippen molar-refractivity contribution in [3.05, 3.63) is 0 Å². The van der Waals surface area contributed by atoms with E-state index in [4.69, 9.17) is 4.74 Å². The predicted octanol–water partition coefficient (Wildman–Crippen LogP) is -1.09. The normalized spacial score (nSPS) is 15.8. The molecule has 0 saturated carbocycles. The largest absolute Gasteiger partial charge is 0.383 e. The van der Waals surface area contributed by atoms with Crippen molar-refractivity contribution in [2.24, 2.45) is 0 Å². The van der Waals surface area contributed by atoms with Crippen LogP contribution in [0.1, 0.15) is 6.92 Å². The summed E-state index contributed by atoms with van der Waals surface area (Å²) < 4.78 is 4.92. The second kappa shape index (κ2) is 7.24. The third-order valence-electron chi connectivity index (χ3n) is 2.82. The maximum atomic E-state index is 11.9. The van der Waals surface area contributed by atoms with Gasteiger partial charge in [-0.05, 0) is 6.92 Å². The summed E-state index contributed by atoms with van der Waals surface area (Å²) in [5, 5.41) is 3.15. The van der Waals surface area contributed by atoms with Crippen LogP contribution in [0.5, 0.6) is 0 Å². The summed E-state index contributed by atoms with van der Waals surface area (Å²) in [7, 11) is 1.58. The molecular weight excluding hydrogens is 222 g/mol. The van der Waals surface area contributed by atoms with Gasteiger partial charge in [-0.3, -0.25) is 9.59 Å². The molecule has 0 atom stereocenters. The smallest absolute Gasteiger partial charge is 0.312 e. The standard InChI is InChI=1S/C11H21N3O3/c1-3-13(8-9-17-2)10(15)11(16)14-6-4-12-5-7-14/h12H,3-9H2,1-2H3. The summed E-state index contributed by atoms with van der Waals surface area (Å²) >= 11 is 0. The average Bonchev–Trinajstić information content (AvgIpc) is 2.39. The van der Waals surface area contributed by atoms with E-state index in [0.29, 0.717) is 32.8 Å². The maximum Gasteiger partial charge on any atom is 0.312 e. The van der Waals surface area contributed by atoms with Crippen LogP contribution in [-0.4, -0.2) is 74.6 Å². The molecule has 2 amide bonds. The number of likely N-dealkylation sites (N-methyl/N-ethyl adjacent to an activating group) is 1. The van der Waals surface area contributed by atoms with Gasteiger partial charge in [0.15, 0.2) is 0 Å². The van der Waals surface area contributed by atoms with E-state index in [9.17, 15) is 9.59 Å². The minimum Gasteiger partial charge on any atom is -0.383 e. The van der Waals surface area contributed by atoms with Crippen molar-refractivity contribution in [2.45, 2.75) is 6.92 Å². The Kier molecular flexibility index (Phi) is 5.93. The van der Waals surface area contributed by atoms with E-state index in [0.717, 1.165) is 13.1 Å². The number of carbonyl (C=O) groups is 2. The first kappa shape index (κ1) is 13.9. The number of nitrogens with one attached hydrogen (secondary N) is 1. The molecule has 0 aliphatic carbocycles. The first-order valence-electron chi connectivity index (χ1n) is 5.98. The lowest BCUT2D eigenvalue weighted by Gasteiger charge is -2.29. The van der Waals surface area contributed by atoms with Gasteiger partial charge in [-0.2, -0.15) is 0 Å². The zero-order valence-corrected chi connectivity index (χ0v) is 10.6. The van der Waals surface area contributed by atoms with Crippen LogP contribution in [-0.2, 0) is 14.3 Å². The molecule has 6 nitrogen and oxygen atoms in total. The van der Waals surface area contributed by atoms with Gasteiger partial charge in [0.05, 0.1) is 6.61 Å². The number of rotatable bonds is 4. The summed E-state index contributed by atoms with van der Waals surface area (Å²) in [6.45, 7) is 6.02. The minimum atomic E-state index is -0.425. The van der Waals surface area contributed by atoms with Gasteiger partial charge in [0, 0.05) is 46.4 Å². The molecule has 1 N–H and O–H groups in total. The quantitative estimate of drug-likeness (QED) is 0.638. The third kappa shape index (κ3) is 3.98. The van der Waals surface area contributed by atoms with Crippen LogP contribution < -0.4 is 5.32 Å². The fourth-order valence-corrected chi connectivity index (χ4v) is 1.74. The first-order chi connectivity index (χ1) is 8.20. The summed E-state index contributed by atoms with van der Waals surface area (Å²) in [5.41, 5.74) is 0. The Bertz CT molecular complexity index is 265. The van der Waals surface area contributed by atoms with Gasteiger partial charge in [0.1, 0.15) is 0 Å². The van der Waals surface area contributed by atoms with E-state index in [1.165, 1.54) is 4.90 Å². The van der Waals surface area contributed by atoms with Crippen LogP contribution >= 0.6 is 0 Å². The molecule has 0 aromatic rings. The highest BCUT2D eigenvalue weighted by atomic mass is 16.5. The monoisotopic (exact) mass is 243 g/mol. The van der Waals surface area contributed by atoms with Crippen LogP contribution in [0.3, 0.4) is 0 Å². The number of hydrogen-bond donors (Lipinski definition) is 1. The van der Waals surface area contributed by atoms with Crippen molar-refractivity contribution in [3.8, 4) is 0 Å². The number of nitrogens with zero attached hydrogens (tertiary/aromatic N) is 2. The van der Waals surface area contributed by atoms with Crippen molar-refractivity contribution >= 4 is 11.8 Å². The molecule has 1 saturated heterocycles. The predicted molar refractivity (Wildman–Crippen MR) is 63.6 cm³/mol. The van der Waals surface area contributed by atoms with Crippen LogP contribution in [0.15, 0.2) is 0 Å². The summed E-state index contributed by atoms with van der Waals surface area (Å²) in [5.74, 6) is -0.823. The van der Waals surface area contributed by atoms with Crippen molar-refractivity contribution in [3.63, 3.8) is 0 Å². The Morgan fingerprint density at radius 2 is 2.00 bits per heavy atom. The fourth-order valence-electron chi connectivity index (χ4n) is 1.74. The Balaban J connectivity index is 2.50. The zero-order valence-electron chi connectivity index (χ0n) is 10.6. The van der Waals surface area contributed by atoms with Crippen molar-refractivity contribution < 1.29 is 14.3 Å². The molecule has 1 aliphatic rings. The maximum absolute atomic E-state index is 11.9. The van der Waals surface area contributed by atoms with Crippen LogP contribution in [0.4, 0.5) is 0 Å². The van der Waals surface area contributed by atoms with Gasteiger partial charge >= 0.3 is 11.8 Å². The molecule has 1 rings (SSSR count). The van der Waals surface area contributed by atoms with E-state index >= 15 is 0 Å². The molecule has 0 spiro atoms. The molecule has 1 heterocycles. The Hall–Kier alpha value is -1.14. The molecule has 1 fully saturated rings. The number of hydrogen-bond acceptors (Lipinski definition) is 4. The van der Waals surface area contributed by atoms with E-state index in [1.807, 2.05) is 6.92 Å². The highest BCUT2D eigenvalue weighted by Gasteiger charge is 2.26. The highest BCUT2D eigenvalue weighted by molar-refractivity contribution is 6.34. The highest BCUT2D eigenvalue weighted by Crippen LogP contribution is 1.99. The topological polar surface area (TPSA) is 61.9 Å². The molecule has 98 valence electrons. The lowest BCUT2D eigenvalue weighted by atomic mass is 10.3. The van der Waals surface area contributed by atoms with Crippen molar-refractivity contribution in [1.82, 2.24) is 15.1 Å². The lowest BCUT2D eigenvalue weighted by Crippen LogP contribution is -2.52. The number of ether oxygens (including phenoxy) is 1. The Labute approximate surface area is 102 Å². The number of methoxy groups -OCH3 is 1. The molecule has 0 aromatic carbocycles. The van der Waals surface area contributed by atoms with E-state index in [-0.39, 0.29) is 0 Å². The molecule has 17 heavy (non-hydrogen) atoms. The second-order valence-electron chi connectivity index (χ2n) is 3.92. The van der Waals surface area contributed by atoms with Crippen molar-refractivity contribution in [2.75, 3.05) is 53.0 Å². The average molecular weight is 243 g/mol. The Morgan fingerprint density at radius 1 is 1.35 bits per heavy atom. The molecular formula is C11H21N3O3. The number of amides is 2. The molecule has 6 heteroatoms. The number of piperazine rings is 1. The minimum absolute atomic E-state index is 0.399. The molecule has 0 radical (unpaired) electrons. The Morgan fingerprint density at radius 3 is 2.53 bits per heavy atom. The van der Waals surface area contributed by atoms with Gasteiger partial charge in [-0.25, -0.2) is 0 Å². The lowest BCUT2D eigenvalue weighted by molar-refractivity contribution is -0.152. The van der Waals surface area contributed by atoms with Crippen molar-refractivity contribution in [1.29, 1.82) is 0 Å². The second-order valence-corrected chi connectivity index (χ2v) is 3.92. The van der Waals surface area contributed by atoms with Gasteiger partial charge in [0.25, 0.3) is 0 Å².